The van der Waals surface area contributed by atoms with E-state index < -0.39 is 12.0 Å². The van der Waals surface area contributed by atoms with Crippen molar-refractivity contribution in [2.45, 2.75) is 26.7 Å². The number of rotatable bonds is 4. The first kappa shape index (κ1) is 12.8. The molecule has 1 rings (SSSR count). The van der Waals surface area contributed by atoms with Gasteiger partial charge in [-0.1, -0.05) is 19.6 Å². The van der Waals surface area contributed by atoms with Crippen molar-refractivity contribution in [1.29, 1.82) is 0 Å². The summed E-state index contributed by atoms with van der Waals surface area (Å²) in [5.41, 5.74) is -0.376. The van der Waals surface area contributed by atoms with Gasteiger partial charge >= 0.3 is 0 Å². The molecule has 1 aliphatic carbocycles. The van der Waals surface area contributed by atoms with E-state index >= 15 is 0 Å². The zero-order chi connectivity index (χ0) is 12.3. The maximum Gasteiger partial charge on any atom is 0.181 e. The molecule has 3 nitrogen and oxygen atoms in total. The Morgan fingerprint density at radius 3 is 2.81 bits per heavy atom. The predicted octanol–water partition coefficient (Wildman–Crippen LogP) is 1.67. The van der Waals surface area contributed by atoms with Gasteiger partial charge in [-0.15, -0.1) is 0 Å². The molecule has 88 valence electrons. The molecule has 0 heterocycles. The Hall–Kier alpha value is -1.22. The first-order chi connectivity index (χ1) is 7.48. The second-order valence-electron chi connectivity index (χ2n) is 4.45. The Bertz CT molecular complexity index is 354. The van der Waals surface area contributed by atoms with Gasteiger partial charge in [-0.2, -0.15) is 0 Å². The standard InChI is InChI=1S/C13H18O3/c1-4-11(15)10-7-5-6-9(2)13(10,3)12(16)8-14/h4,7,9,14H,1,5-6,8H2,2-3H3/t9-,13-/m1/s1. The minimum absolute atomic E-state index is 0.0658. The zero-order valence-corrected chi connectivity index (χ0v) is 9.82. The van der Waals surface area contributed by atoms with Crippen LogP contribution in [-0.2, 0) is 9.59 Å². The Kier molecular flexibility index (Phi) is 3.81. The number of allylic oxidation sites excluding steroid dienone is 3. The molecular weight excluding hydrogens is 204 g/mol. The molecule has 0 amide bonds. The lowest BCUT2D eigenvalue weighted by atomic mass is 9.63. The SMILES string of the molecule is C=CC(=O)C1=CCC[C@@H](C)[C@@]1(C)C(=O)CO. The summed E-state index contributed by atoms with van der Waals surface area (Å²) in [6.07, 6.45) is 4.69. The molecule has 0 aromatic rings. The fourth-order valence-corrected chi connectivity index (χ4v) is 2.30. The van der Waals surface area contributed by atoms with Gasteiger partial charge in [-0.05, 0) is 31.8 Å². The summed E-state index contributed by atoms with van der Waals surface area (Å²) in [5.74, 6) is -0.437. The molecule has 2 atom stereocenters. The number of Topliss-reactive ketones (excluding diaryl/α,β-unsaturated/α-hetero) is 1. The van der Waals surface area contributed by atoms with Crippen LogP contribution in [0.3, 0.4) is 0 Å². The topological polar surface area (TPSA) is 54.4 Å². The largest absolute Gasteiger partial charge is 0.389 e. The van der Waals surface area contributed by atoms with E-state index in [2.05, 4.69) is 6.58 Å². The summed E-state index contributed by atoms with van der Waals surface area (Å²) >= 11 is 0. The van der Waals surface area contributed by atoms with Crippen LogP contribution >= 0.6 is 0 Å². The minimum Gasteiger partial charge on any atom is -0.389 e. The van der Waals surface area contributed by atoms with Crippen molar-refractivity contribution in [2.75, 3.05) is 6.61 Å². The molecule has 0 saturated carbocycles. The van der Waals surface area contributed by atoms with E-state index in [0.29, 0.717) is 5.57 Å². The van der Waals surface area contributed by atoms with Crippen LogP contribution in [0.25, 0.3) is 0 Å². The van der Waals surface area contributed by atoms with Crippen molar-refractivity contribution in [1.82, 2.24) is 0 Å². The molecule has 0 spiro atoms. The van der Waals surface area contributed by atoms with E-state index in [1.807, 2.05) is 6.92 Å². The number of ketones is 2. The highest BCUT2D eigenvalue weighted by molar-refractivity contribution is 6.10. The van der Waals surface area contributed by atoms with Gasteiger partial charge in [-0.25, -0.2) is 0 Å². The lowest BCUT2D eigenvalue weighted by Crippen LogP contribution is -2.42. The molecule has 0 aromatic heterocycles. The zero-order valence-electron chi connectivity index (χ0n) is 9.82. The second kappa shape index (κ2) is 4.74. The van der Waals surface area contributed by atoms with E-state index in [1.165, 1.54) is 6.08 Å². The third-order valence-corrected chi connectivity index (χ3v) is 3.67. The molecule has 0 fully saturated rings. The summed E-state index contributed by atoms with van der Waals surface area (Å²) in [6, 6.07) is 0. The maximum absolute atomic E-state index is 11.9. The van der Waals surface area contributed by atoms with Crippen LogP contribution in [-0.4, -0.2) is 23.3 Å². The third kappa shape index (κ3) is 1.87. The third-order valence-electron chi connectivity index (χ3n) is 3.67. The van der Waals surface area contributed by atoms with E-state index in [-0.39, 0.29) is 17.5 Å². The van der Waals surface area contributed by atoms with Gasteiger partial charge in [0.05, 0.1) is 5.41 Å². The highest BCUT2D eigenvalue weighted by Crippen LogP contribution is 2.43. The maximum atomic E-state index is 11.9. The molecule has 1 N–H and O–H groups in total. The summed E-state index contributed by atoms with van der Waals surface area (Å²) in [4.78, 5) is 23.6. The van der Waals surface area contributed by atoms with Crippen LogP contribution in [0.4, 0.5) is 0 Å². The van der Waals surface area contributed by atoms with Crippen molar-refractivity contribution in [3.63, 3.8) is 0 Å². The predicted molar refractivity (Wildman–Crippen MR) is 61.9 cm³/mol. The van der Waals surface area contributed by atoms with E-state index in [0.717, 1.165) is 12.8 Å². The Morgan fingerprint density at radius 2 is 2.31 bits per heavy atom. The van der Waals surface area contributed by atoms with Crippen LogP contribution in [0.1, 0.15) is 26.7 Å². The molecule has 0 bridgehead atoms. The molecular formula is C13H18O3. The molecule has 0 aromatic carbocycles. The van der Waals surface area contributed by atoms with Gasteiger partial charge in [0, 0.05) is 5.57 Å². The van der Waals surface area contributed by atoms with Crippen molar-refractivity contribution in [3.05, 3.63) is 24.3 Å². The van der Waals surface area contributed by atoms with E-state index in [4.69, 9.17) is 5.11 Å². The number of hydrogen-bond donors (Lipinski definition) is 1. The van der Waals surface area contributed by atoms with Crippen molar-refractivity contribution >= 4 is 11.6 Å². The fourth-order valence-electron chi connectivity index (χ4n) is 2.30. The lowest BCUT2D eigenvalue weighted by molar-refractivity contribution is -0.133. The van der Waals surface area contributed by atoms with E-state index in [9.17, 15) is 9.59 Å². The number of carbonyl (C=O) groups is 2. The van der Waals surface area contributed by atoms with Crippen molar-refractivity contribution in [2.24, 2.45) is 11.3 Å². The summed E-state index contributed by atoms with van der Waals surface area (Å²) in [6.45, 7) is 6.60. The van der Waals surface area contributed by atoms with Crippen LogP contribution in [0.5, 0.6) is 0 Å². The number of aliphatic hydroxyl groups excluding tert-OH is 1. The van der Waals surface area contributed by atoms with Crippen LogP contribution in [0.2, 0.25) is 0 Å². The number of hydrogen-bond acceptors (Lipinski definition) is 3. The highest BCUT2D eigenvalue weighted by atomic mass is 16.3. The second-order valence-corrected chi connectivity index (χ2v) is 4.45. The average Bonchev–Trinajstić information content (AvgIpc) is 2.30. The molecule has 16 heavy (non-hydrogen) atoms. The lowest BCUT2D eigenvalue weighted by Gasteiger charge is -2.38. The summed E-state index contributed by atoms with van der Waals surface area (Å²) in [7, 11) is 0. The van der Waals surface area contributed by atoms with Crippen LogP contribution < -0.4 is 0 Å². The van der Waals surface area contributed by atoms with Gasteiger partial charge < -0.3 is 5.11 Å². The molecule has 0 saturated heterocycles. The monoisotopic (exact) mass is 222 g/mol. The summed E-state index contributed by atoms with van der Waals surface area (Å²) < 4.78 is 0. The smallest absolute Gasteiger partial charge is 0.181 e. The van der Waals surface area contributed by atoms with Crippen molar-refractivity contribution < 1.29 is 14.7 Å². The molecule has 0 aliphatic heterocycles. The quantitative estimate of drug-likeness (QED) is 0.736. The molecule has 1 aliphatic rings. The average molecular weight is 222 g/mol. The van der Waals surface area contributed by atoms with Gasteiger partial charge in [0.15, 0.2) is 11.6 Å². The molecule has 3 heteroatoms. The molecule has 0 radical (unpaired) electrons. The Balaban J connectivity index is 3.22. The normalized spacial score (nSPS) is 29.4. The van der Waals surface area contributed by atoms with Crippen molar-refractivity contribution in [3.8, 4) is 0 Å². The Morgan fingerprint density at radius 1 is 1.69 bits per heavy atom. The summed E-state index contributed by atoms with van der Waals surface area (Å²) in [5, 5.41) is 9.03. The van der Waals surface area contributed by atoms with Gasteiger partial charge in [0.25, 0.3) is 0 Å². The number of carbonyl (C=O) groups excluding carboxylic acids is 2. The fraction of sp³-hybridized carbons (Fsp3) is 0.538. The first-order valence-electron chi connectivity index (χ1n) is 5.50. The first-order valence-corrected chi connectivity index (χ1v) is 5.50. The van der Waals surface area contributed by atoms with Gasteiger partial charge in [0.1, 0.15) is 6.61 Å². The number of aliphatic hydroxyl groups is 1. The Labute approximate surface area is 95.9 Å². The van der Waals surface area contributed by atoms with E-state index in [1.54, 1.807) is 13.0 Å². The highest BCUT2D eigenvalue weighted by Gasteiger charge is 2.44. The van der Waals surface area contributed by atoms with Gasteiger partial charge in [-0.3, -0.25) is 9.59 Å². The minimum atomic E-state index is -0.863. The van der Waals surface area contributed by atoms with Gasteiger partial charge in [0.2, 0.25) is 0 Å². The van der Waals surface area contributed by atoms with Crippen LogP contribution in [0, 0.1) is 11.3 Å². The van der Waals surface area contributed by atoms with Crippen LogP contribution in [0.15, 0.2) is 24.3 Å². The molecule has 0 unspecified atom stereocenters.